The van der Waals surface area contributed by atoms with Gasteiger partial charge < -0.3 is 0 Å². The van der Waals surface area contributed by atoms with E-state index < -0.39 is 0 Å². The summed E-state index contributed by atoms with van der Waals surface area (Å²) in [6, 6.07) is 0. The summed E-state index contributed by atoms with van der Waals surface area (Å²) < 4.78 is 0. The summed E-state index contributed by atoms with van der Waals surface area (Å²) in [6.07, 6.45) is 6.73. The van der Waals surface area contributed by atoms with Gasteiger partial charge in [0.1, 0.15) is 0 Å². The van der Waals surface area contributed by atoms with Gasteiger partial charge in [0.15, 0.2) is 5.16 Å². The monoisotopic (exact) mass is 154 g/mol. The van der Waals surface area contributed by atoms with Gasteiger partial charge in [-0.3, -0.25) is 0 Å². The summed E-state index contributed by atoms with van der Waals surface area (Å²) in [5.74, 6) is 0. The SMILES string of the molecule is CCc1cnc(SC)nc1. The lowest BCUT2D eigenvalue weighted by atomic mass is 10.3. The largest absolute Gasteiger partial charge is 0.231 e. The molecule has 0 radical (unpaired) electrons. The van der Waals surface area contributed by atoms with Crippen LogP contribution in [0.4, 0.5) is 0 Å². The van der Waals surface area contributed by atoms with Gasteiger partial charge in [-0.2, -0.15) is 0 Å². The van der Waals surface area contributed by atoms with E-state index in [2.05, 4.69) is 16.9 Å². The molecule has 0 unspecified atom stereocenters. The first-order valence-corrected chi connectivity index (χ1v) is 4.44. The van der Waals surface area contributed by atoms with Crippen molar-refractivity contribution >= 4 is 11.8 Å². The van der Waals surface area contributed by atoms with Gasteiger partial charge in [-0.15, -0.1) is 0 Å². The number of rotatable bonds is 2. The van der Waals surface area contributed by atoms with E-state index in [1.54, 1.807) is 11.8 Å². The Balaban J connectivity index is 2.80. The van der Waals surface area contributed by atoms with Crippen molar-refractivity contribution in [2.45, 2.75) is 18.5 Å². The van der Waals surface area contributed by atoms with Gasteiger partial charge in [-0.1, -0.05) is 18.7 Å². The maximum Gasteiger partial charge on any atom is 0.187 e. The Hall–Kier alpha value is -0.570. The Morgan fingerprint density at radius 3 is 2.40 bits per heavy atom. The highest BCUT2D eigenvalue weighted by Gasteiger charge is 1.91. The van der Waals surface area contributed by atoms with Crippen LogP contribution in [0.2, 0.25) is 0 Å². The topological polar surface area (TPSA) is 25.8 Å². The average molecular weight is 154 g/mol. The van der Waals surface area contributed by atoms with Gasteiger partial charge in [-0.05, 0) is 18.2 Å². The lowest BCUT2D eigenvalue weighted by Gasteiger charge is -1.95. The summed E-state index contributed by atoms with van der Waals surface area (Å²) in [4.78, 5) is 8.24. The van der Waals surface area contributed by atoms with E-state index in [1.807, 2.05) is 18.6 Å². The van der Waals surface area contributed by atoms with Crippen molar-refractivity contribution < 1.29 is 0 Å². The lowest BCUT2D eigenvalue weighted by Crippen LogP contribution is -1.87. The van der Waals surface area contributed by atoms with Crippen LogP contribution in [0.5, 0.6) is 0 Å². The molecule has 1 aromatic rings. The molecule has 0 atom stereocenters. The van der Waals surface area contributed by atoms with Crippen molar-refractivity contribution in [3.63, 3.8) is 0 Å². The van der Waals surface area contributed by atoms with E-state index in [-0.39, 0.29) is 0 Å². The molecule has 0 aliphatic rings. The molecule has 3 heteroatoms. The van der Waals surface area contributed by atoms with Crippen LogP contribution in [0.25, 0.3) is 0 Å². The maximum atomic E-state index is 4.12. The molecule has 2 nitrogen and oxygen atoms in total. The van der Waals surface area contributed by atoms with Crippen LogP contribution in [0.15, 0.2) is 17.6 Å². The van der Waals surface area contributed by atoms with Crippen LogP contribution in [-0.2, 0) is 6.42 Å². The third kappa shape index (κ3) is 1.70. The van der Waals surface area contributed by atoms with Crippen LogP contribution in [0.3, 0.4) is 0 Å². The fourth-order valence-electron chi connectivity index (χ4n) is 0.631. The zero-order valence-corrected chi connectivity index (χ0v) is 6.98. The van der Waals surface area contributed by atoms with E-state index in [0.717, 1.165) is 11.6 Å². The second-order valence-electron chi connectivity index (χ2n) is 1.93. The summed E-state index contributed by atoms with van der Waals surface area (Å²) >= 11 is 1.57. The van der Waals surface area contributed by atoms with E-state index in [0.29, 0.717) is 0 Å². The Morgan fingerprint density at radius 2 is 2.00 bits per heavy atom. The fourth-order valence-corrected chi connectivity index (χ4v) is 0.947. The normalized spacial score (nSPS) is 9.80. The minimum atomic E-state index is 0.845. The summed E-state index contributed by atoms with van der Waals surface area (Å²) in [6.45, 7) is 2.09. The molecule has 0 amide bonds. The molecule has 10 heavy (non-hydrogen) atoms. The van der Waals surface area contributed by atoms with Crippen LogP contribution < -0.4 is 0 Å². The Morgan fingerprint density at radius 1 is 1.40 bits per heavy atom. The van der Waals surface area contributed by atoms with Gasteiger partial charge in [0.05, 0.1) is 0 Å². The predicted octanol–water partition coefficient (Wildman–Crippen LogP) is 1.76. The smallest absolute Gasteiger partial charge is 0.187 e. The first kappa shape index (κ1) is 7.54. The lowest BCUT2D eigenvalue weighted by molar-refractivity contribution is 0.927. The molecule has 54 valence electrons. The van der Waals surface area contributed by atoms with Crippen molar-refractivity contribution in [2.24, 2.45) is 0 Å². The number of nitrogens with zero attached hydrogens (tertiary/aromatic N) is 2. The first-order chi connectivity index (χ1) is 4.86. The zero-order valence-electron chi connectivity index (χ0n) is 6.16. The number of aryl methyl sites for hydroxylation is 1. The van der Waals surface area contributed by atoms with Crippen molar-refractivity contribution in [1.29, 1.82) is 0 Å². The van der Waals surface area contributed by atoms with Gasteiger partial charge in [0, 0.05) is 12.4 Å². The molecule has 1 rings (SSSR count). The second-order valence-corrected chi connectivity index (χ2v) is 2.70. The second kappa shape index (κ2) is 3.56. The van der Waals surface area contributed by atoms with E-state index >= 15 is 0 Å². The molecule has 0 saturated carbocycles. The minimum Gasteiger partial charge on any atom is -0.231 e. The number of thioether (sulfide) groups is 1. The molecule has 1 aromatic heterocycles. The molecule has 0 saturated heterocycles. The molecule has 0 aliphatic carbocycles. The third-order valence-corrected chi connectivity index (χ3v) is 1.85. The highest BCUT2D eigenvalue weighted by Crippen LogP contribution is 2.06. The zero-order chi connectivity index (χ0) is 7.40. The predicted molar refractivity (Wildman–Crippen MR) is 43.2 cm³/mol. The third-order valence-electron chi connectivity index (χ3n) is 1.27. The Bertz CT molecular complexity index is 172. The van der Waals surface area contributed by atoms with E-state index in [9.17, 15) is 0 Å². The number of hydrogen-bond acceptors (Lipinski definition) is 3. The molecular formula is C7H10N2S. The molecule has 0 aliphatic heterocycles. The maximum absolute atomic E-state index is 4.12. The van der Waals surface area contributed by atoms with Crippen molar-refractivity contribution in [1.82, 2.24) is 9.97 Å². The Kier molecular flexibility index (Phi) is 2.68. The van der Waals surface area contributed by atoms with Crippen LogP contribution in [0, 0.1) is 0 Å². The average Bonchev–Trinajstić information content (AvgIpc) is 2.05. The summed E-state index contributed by atoms with van der Waals surface area (Å²) in [5, 5.41) is 0.845. The molecule has 0 fully saturated rings. The fraction of sp³-hybridized carbons (Fsp3) is 0.429. The van der Waals surface area contributed by atoms with Crippen LogP contribution in [-0.4, -0.2) is 16.2 Å². The van der Waals surface area contributed by atoms with Gasteiger partial charge in [0.25, 0.3) is 0 Å². The van der Waals surface area contributed by atoms with Crippen molar-refractivity contribution in [3.05, 3.63) is 18.0 Å². The summed E-state index contributed by atoms with van der Waals surface area (Å²) in [7, 11) is 0. The molecule has 0 aromatic carbocycles. The summed E-state index contributed by atoms with van der Waals surface area (Å²) in [5.41, 5.74) is 1.19. The van der Waals surface area contributed by atoms with Gasteiger partial charge in [0.2, 0.25) is 0 Å². The van der Waals surface area contributed by atoms with Gasteiger partial charge >= 0.3 is 0 Å². The van der Waals surface area contributed by atoms with E-state index in [4.69, 9.17) is 0 Å². The highest BCUT2D eigenvalue weighted by atomic mass is 32.2. The molecule has 1 heterocycles. The van der Waals surface area contributed by atoms with E-state index in [1.165, 1.54) is 5.56 Å². The molecular weight excluding hydrogens is 144 g/mol. The molecule has 0 bridgehead atoms. The van der Waals surface area contributed by atoms with Crippen molar-refractivity contribution in [2.75, 3.05) is 6.26 Å². The quantitative estimate of drug-likeness (QED) is 0.479. The highest BCUT2D eigenvalue weighted by molar-refractivity contribution is 7.98. The minimum absolute atomic E-state index is 0.845. The number of hydrogen-bond donors (Lipinski definition) is 0. The molecule has 0 spiro atoms. The first-order valence-electron chi connectivity index (χ1n) is 3.21. The Labute approximate surface area is 65.1 Å². The molecule has 0 N–H and O–H groups in total. The standard InChI is InChI=1S/C7H10N2S/c1-3-6-4-8-7(10-2)9-5-6/h4-5H,3H2,1-2H3. The van der Waals surface area contributed by atoms with Crippen LogP contribution >= 0.6 is 11.8 Å². The van der Waals surface area contributed by atoms with Crippen LogP contribution in [0.1, 0.15) is 12.5 Å². The van der Waals surface area contributed by atoms with Crippen molar-refractivity contribution in [3.8, 4) is 0 Å². The number of aromatic nitrogens is 2. The van der Waals surface area contributed by atoms with Gasteiger partial charge in [-0.25, -0.2) is 9.97 Å².